The number of phenolic OH excluding ortho intramolecular Hbond substituents is 2. The van der Waals surface area contributed by atoms with Crippen molar-refractivity contribution in [2.75, 3.05) is 0 Å². The number of rotatable bonds is 3. The van der Waals surface area contributed by atoms with Crippen LogP contribution in [0, 0.1) is 0 Å². The van der Waals surface area contributed by atoms with Gasteiger partial charge < -0.3 is 25.2 Å². The monoisotopic (exact) mass is 197 g/mol. The summed E-state index contributed by atoms with van der Waals surface area (Å²) >= 11 is 0. The maximum Gasteiger partial charge on any atom is 0.122 e. The standard InChI is InChI=1S/C9H10O5/c10-6-2-1-3-7(11)5(6)4-8(12)9(13)14/h1-3,8,10-12H,4H2,(H,13,14)/p-1. The summed E-state index contributed by atoms with van der Waals surface area (Å²) in [5.74, 6) is -2.16. The van der Waals surface area contributed by atoms with Gasteiger partial charge in [-0.15, -0.1) is 0 Å². The Morgan fingerprint density at radius 1 is 1.36 bits per heavy atom. The first-order chi connectivity index (χ1) is 6.52. The molecule has 0 heterocycles. The highest BCUT2D eigenvalue weighted by Gasteiger charge is 2.13. The summed E-state index contributed by atoms with van der Waals surface area (Å²) in [7, 11) is 0. The number of aliphatic hydroxyl groups excluding tert-OH is 1. The van der Waals surface area contributed by atoms with Crippen molar-refractivity contribution >= 4 is 5.97 Å². The highest BCUT2D eigenvalue weighted by molar-refractivity contribution is 5.70. The van der Waals surface area contributed by atoms with Crippen LogP contribution >= 0.6 is 0 Å². The van der Waals surface area contributed by atoms with Crippen LogP contribution in [0.4, 0.5) is 0 Å². The number of benzene rings is 1. The average molecular weight is 197 g/mol. The minimum absolute atomic E-state index is 0.01000. The average Bonchev–Trinajstić information content (AvgIpc) is 2.11. The SMILES string of the molecule is O=C([O-])C(O)Cc1c(O)cccc1O. The van der Waals surface area contributed by atoms with E-state index in [1.807, 2.05) is 0 Å². The predicted molar refractivity (Wildman–Crippen MR) is 44.5 cm³/mol. The van der Waals surface area contributed by atoms with Gasteiger partial charge in [0.15, 0.2) is 0 Å². The maximum absolute atomic E-state index is 10.2. The van der Waals surface area contributed by atoms with Gasteiger partial charge in [-0.3, -0.25) is 0 Å². The molecule has 0 spiro atoms. The lowest BCUT2D eigenvalue weighted by Crippen LogP contribution is -2.36. The minimum atomic E-state index is -1.74. The molecule has 0 aliphatic carbocycles. The van der Waals surface area contributed by atoms with E-state index in [9.17, 15) is 20.1 Å². The topological polar surface area (TPSA) is 101 Å². The molecule has 1 unspecified atom stereocenters. The van der Waals surface area contributed by atoms with E-state index >= 15 is 0 Å². The van der Waals surface area contributed by atoms with Gasteiger partial charge in [-0.1, -0.05) is 6.07 Å². The molecule has 0 saturated heterocycles. The van der Waals surface area contributed by atoms with E-state index in [-0.39, 0.29) is 23.5 Å². The molecule has 1 rings (SSSR count). The van der Waals surface area contributed by atoms with Gasteiger partial charge in [0, 0.05) is 12.0 Å². The quantitative estimate of drug-likeness (QED) is 0.562. The molecule has 0 aliphatic heterocycles. The lowest BCUT2D eigenvalue weighted by atomic mass is 10.1. The van der Waals surface area contributed by atoms with E-state index in [0.29, 0.717) is 0 Å². The molecule has 1 aromatic rings. The summed E-state index contributed by atoms with van der Waals surface area (Å²) in [6.45, 7) is 0. The Labute approximate surface area is 79.9 Å². The number of carboxylic acid groups (broad SMARTS) is 1. The maximum atomic E-state index is 10.2. The third kappa shape index (κ3) is 2.14. The third-order valence-corrected chi connectivity index (χ3v) is 1.80. The molecule has 0 aliphatic rings. The molecule has 0 fully saturated rings. The molecule has 5 heteroatoms. The number of hydrogen-bond donors (Lipinski definition) is 3. The summed E-state index contributed by atoms with van der Waals surface area (Å²) in [5.41, 5.74) is -0.01000. The first-order valence-electron chi connectivity index (χ1n) is 3.91. The van der Waals surface area contributed by atoms with Gasteiger partial charge in [0.25, 0.3) is 0 Å². The van der Waals surface area contributed by atoms with E-state index in [4.69, 9.17) is 5.11 Å². The van der Waals surface area contributed by atoms with Gasteiger partial charge in [0.1, 0.15) is 11.5 Å². The molecular formula is C9H9O5-. The molecule has 76 valence electrons. The second-order valence-electron chi connectivity index (χ2n) is 2.81. The predicted octanol–water partition coefficient (Wildman–Crippen LogP) is -1.25. The Morgan fingerprint density at radius 2 is 1.86 bits per heavy atom. The van der Waals surface area contributed by atoms with Crippen molar-refractivity contribution in [1.82, 2.24) is 0 Å². The van der Waals surface area contributed by atoms with Crippen molar-refractivity contribution in [2.45, 2.75) is 12.5 Å². The fraction of sp³-hybridized carbons (Fsp3) is 0.222. The zero-order valence-electron chi connectivity index (χ0n) is 7.17. The van der Waals surface area contributed by atoms with Crippen molar-refractivity contribution in [2.24, 2.45) is 0 Å². The van der Waals surface area contributed by atoms with Crippen LogP contribution in [-0.4, -0.2) is 27.4 Å². The molecule has 14 heavy (non-hydrogen) atoms. The lowest BCUT2D eigenvalue weighted by Gasteiger charge is -2.13. The van der Waals surface area contributed by atoms with Crippen LogP contribution in [0.25, 0.3) is 0 Å². The number of hydrogen-bond acceptors (Lipinski definition) is 5. The van der Waals surface area contributed by atoms with Crippen molar-refractivity contribution in [3.8, 4) is 11.5 Å². The van der Waals surface area contributed by atoms with Gasteiger partial charge >= 0.3 is 0 Å². The van der Waals surface area contributed by atoms with E-state index < -0.39 is 12.1 Å². The molecule has 1 atom stereocenters. The van der Waals surface area contributed by atoms with Crippen LogP contribution in [-0.2, 0) is 11.2 Å². The molecule has 0 saturated carbocycles. The summed E-state index contributed by atoms with van der Waals surface area (Å²) in [5, 5.41) is 37.6. The van der Waals surface area contributed by atoms with Crippen molar-refractivity contribution in [1.29, 1.82) is 0 Å². The summed E-state index contributed by atoms with van der Waals surface area (Å²) < 4.78 is 0. The van der Waals surface area contributed by atoms with Crippen LogP contribution in [0.15, 0.2) is 18.2 Å². The Bertz CT molecular complexity index is 327. The van der Waals surface area contributed by atoms with Crippen molar-refractivity contribution in [3.05, 3.63) is 23.8 Å². The second kappa shape index (κ2) is 3.97. The van der Waals surface area contributed by atoms with Crippen LogP contribution < -0.4 is 5.11 Å². The number of phenols is 2. The molecule has 0 radical (unpaired) electrons. The fourth-order valence-corrected chi connectivity index (χ4v) is 1.05. The van der Waals surface area contributed by atoms with E-state index in [2.05, 4.69) is 0 Å². The van der Waals surface area contributed by atoms with E-state index in [0.717, 1.165) is 0 Å². The molecule has 0 aromatic heterocycles. The molecule has 0 bridgehead atoms. The summed E-state index contributed by atoms with van der Waals surface area (Å²) in [6, 6.07) is 3.98. The fourth-order valence-electron chi connectivity index (χ4n) is 1.05. The zero-order chi connectivity index (χ0) is 10.7. The molecule has 1 aromatic carbocycles. The zero-order valence-corrected chi connectivity index (χ0v) is 7.17. The molecular weight excluding hydrogens is 188 g/mol. The van der Waals surface area contributed by atoms with Crippen LogP contribution in [0.3, 0.4) is 0 Å². The van der Waals surface area contributed by atoms with Crippen molar-refractivity contribution in [3.63, 3.8) is 0 Å². The highest BCUT2D eigenvalue weighted by Crippen LogP contribution is 2.27. The van der Waals surface area contributed by atoms with Gasteiger partial charge in [-0.2, -0.15) is 0 Å². The van der Waals surface area contributed by atoms with Crippen LogP contribution in [0.1, 0.15) is 5.56 Å². The van der Waals surface area contributed by atoms with Crippen LogP contribution in [0.5, 0.6) is 11.5 Å². The number of carbonyl (C=O) groups is 1. The first-order valence-corrected chi connectivity index (χ1v) is 3.91. The van der Waals surface area contributed by atoms with Crippen molar-refractivity contribution < 1.29 is 25.2 Å². The van der Waals surface area contributed by atoms with Gasteiger partial charge in [-0.05, 0) is 12.1 Å². The summed E-state index contributed by atoms with van der Waals surface area (Å²) in [4.78, 5) is 10.2. The lowest BCUT2D eigenvalue weighted by molar-refractivity contribution is -0.314. The highest BCUT2D eigenvalue weighted by atomic mass is 16.4. The number of carboxylic acids is 1. The van der Waals surface area contributed by atoms with E-state index in [1.54, 1.807) is 0 Å². The number of aliphatic hydroxyl groups is 1. The normalized spacial score (nSPS) is 12.4. The molecule has 5 nitrogen and oxygen atoms in total. The van der Waals surface area contributed by atoms with Crippen LogP contribution in [0.2, 0.25) is 0 Å². The molecule has 0 amide bonds. The van der Waals surface area contributed by atoms with E-state index in [1.165, 1.54) is 18.2 Å². The largest absolute Gasteiger partial charge is 0.547 e. The Morgan fingerprint density at radius 3 is 2.29 bits per heavy atom. The molecule has 3 N–H and O–H groups in total. The number of aliphatic carboxylic acids is 1. The Kier molecular flexibility index (Phi) is 2.93. The minimum Gasteiger partial charge on any atom is -0.547 e. The summed E-state index contributed by atoms with van der Waals surface area (Å²) in [6.07, 6.45) is -2.13. The third-order valence-electron chi connectivity index (χ3n) is 1.80. The van der Waals surface area contributed by atoms with Gasteiger partial charge in [-0.25, -0.2) is 0 Å². The smallest absolute Gasteiger partial charge is 0.122 e. The van der Waals surface area contributed by atoms with Gasteiger partial charge in [0.2, 0.25) is 0 Å². The second-order valence-corrected chi connectivity index (χ2v) is 2.81. The Hall–Kier alpha value is -1.75. The number of carbonyl (C=O) groups excluding carboxylic acids is 1. The van der Waals surface area contributed by atoms with Gasteiger partial charge in [0.05, 0.1) is 12.1 Å². The first kappa shape index (κ1) is 10.3. The number of aromatic hydroxyl groups is 2. The Balaban J connectivity index is 2.91.